The van der Waals surface area contributed by atoms with Crippen LogP contribution in [-0.4, -0.2) is 26.8 Å². The lowest BCUT2D eigenvalue weighted by Crippen LogP contribution is -2.31. The molecule has 1 amide bonds. The fourth-order valence-electron chi connectivity index (χ4n) is 3.20. The van der Waals surface area contributed by atoms with Gasteiger partial charge in [0.05, 0.1) is 11.6 Å². The molecular formula is C21H14FN3O3. The number of ketones is 1. The number of carbonyl (C=O) groups is 2. The fraction of sp³-hybridized carbons (Fsp3) is 0.0476. The minimum atomic E-state index is -1.06. The highest BCUT2D eigenvalue weighted by Crippen LogP contribution is 2.40. The van der Waals surface area contributed by atoms with Crippen molar-refractivity contribution in [2.75, 3.05) is 4.90 Å². The number of carbonyl (C=O) groups excluding carboxylic acids is 2. The van der Waals surface area contributed by atoms with Crippen LogP contribution in [0.5, 0.6) is 0 Å². The van der Waals surface area contributed by atoms with E-state index in [9.17, 15) is 19.1 Å². The van der Waals surface area contributed by atoms with Crippen molar-refractivity contribution in [3.05, 3.63) is 95.6 Å². The van der Waals surface area contributed by atoms with Gasteiger partial charge in [-0.15, -0.1) is 0 Å². The molecule has 2 aromatic carbocycles. The van der Waals surface area contributed by atoms with Crippen LogP contribution in [0.2, 0.25) is 0 Å². The van der Waals surface area contributed by atoms with Gasteiger partial charge in [0.1, 0.15) is 11.6 Å². The first-order valence-electron chi connectivity index (χ1n) is 8.47. The van der Waals surface area contributed by atoms with Crippen LogP contribution >= 0.6 is 0 Å². The Morgan fingerprint density at radius 1 is 0.964 bits per heavy atom. The Bertz CT molecular complexity index is 1080. The summed E-state index contributed by atoms with van der Waals surface area (Å²) in [6, 6.07) is 14.4. The lowest BCUT2D eigenvalue weighted by atomic mass is 9.95. The maximum atomic E-state index is 13.9. The summed E-state index contributed by atoms with van der Waals surface area (Å²) in [7, 11) is 0. The molecule has 138 valence electrons. The lowest BCUT2D eigenvalue weighted by Gasteiger charge is -2.23. The minimum absolute atomic E-state index is 0.00836. The number of benzene rings is 2. The number of Topliss-reactive ketones (excluding diaryl/α,β-unsaturated/α-hetero) is 1. The molecule has 0 radical (unpaired) electrons. The van der Waals surface area contributed by atoms with Gasteiger partial charge >= 0.3 is 5.91 Å². The average Bonchev–Trinajstić information content (AvgIpc) is 3.00. The van der Waals surface area contributed by atoms with Crippen molar-refractivity contribution in [1.82, 2.24) is 9.97 Å². The number of hydrogen-bond donors (Lipinski definition) is 1. The van der Waals surface area contributed by atoms with Crippen molar-refractivity contribution >= 4 is 23.4 Å². The molecule has 0 bridgehead atoms. The second-order valence-corrected chi connectivity index (χ2v) is 6.14. The van der Waals surface area contributed by atoms with Crippen LogP contribution in [0, 0.1) is 5.82 Å². The number of halogens is 1. The molecule has 28 heavy (non-hydrogen) atoms. The maximum absolute atomic E-state index is 13.9. The van der Waals surface area contributed by atoms with Crippen LogP contribution < -0.4 is 4.90 Å². The van der Waals surface area contributed by atoms with E-state index in [-0.39, 0.29) is 17.3 Å². The lowest BCUT2D eigenvalue weighted by molar-refractivity contribution is -0.132. The zero-order valence-electron chi connectivity index (χ0n) is 14.5. The molecule has 2 heterocycles. The Hall–Kier alpha value is -3.87. The quantitative estimate of drug-likeness (QED) is 0.432. The Morgan fingerprint density at radius 3 is 2.36 bits per heavy atom. The minimum Gasteiger partial charge on any atom is -0.507 e. The van der Waals surface area contributed by atoms with Crippen molar-refractivity contribution in [1.29, 1.82) is 0 Å². The van der Waals surface area contributed by atoms with Gasteiger partial charge in [-0.3, -0.25) is 14.5 Å². The second kappa shape index (κ2) is 7.03. The van der Waals surface area contributed by atoms with Gasteiger partial charge < -0.3 is 5.11 Å². The Labute approximate surface area is 159 Å². The van der Waals surface area contributed by atoms with Crippen LogP contribution in [-0.2, 0) is 9.59 Å². The molecule has 6 nitrogen and oxygen atoms in total. The number of aromatic nitrogens is 2. The third kappa shape index (κ3) is 2.92. The molecule has 1 aromatic heterocycles. The number of rotatable bonds is 3. The summed E-state index contributed by atoms with van der Waals surface area (Å²) in [4.78, 5) is 34.8. The molecule has 4 rings (SSSR count). The van der Waals surface area contributed by atoms with Gasteiger partial charge in [-0.05, 0) is 23.8 Å². The summed E-state index contributed by atoms with van der Waals surface area (Å²) < 4.78 is 13.9. The van der Waals surface area contributed by atoms with Gasteiger partial charge in [0.15, 0.2) is 0 Å². The maximum Gasteiger partial charge on any atom is 0.302 e. The van der Waals surface area contributed by atoms with E-state index in [4.69, 9.17) is 0 Å². The molecule has 1 fully saturated rings. The van der Waals surface area contributed by atoms with E-state index in [0.29, 0.717) is 11.1 Å². The fourth-order valence-corrected chi connectivity index (χ4v) is 3.20. The molecule has 1 aliphatic heterocycles. The largest absolute Gasteiger partial charge is 0.507 e. The molecule has 7 heteroatoms. The second-order valence-electron chi connectivity index (χ2n) is 6.14. The van der Waals surface area contributed by atoms with Gasteiger partial charge in [-0.2, -0.15) is 0 Å². The van der Waals surface area contributed by atoms with E-state index in [0.717, 1.165) is 4.90 Å². The van der Waals surface area contributed by atoms with Crippen LogP contribution in [0.15, 0.2) is 78.6 Å². The van der Waals surface area contributed by atoms with Gasteiger partial charge in [0.25, 0.3) is 5.78 Å². The van der Waals surface area contributed by atoms with Crippen LogP contribution in [0.4, 0.5) is 10.3 Å². The molecule has 3 aromatic rings. The zero-order valence-corrected chi connectivity index (χ0v) is 14.5. The summed E-state index contributed by atoms with van der Waals surface area (Å²) in [6.07, 6.45) is 2.86. The monoisotopic (exact) mass is 375 g/mol. The molecule has 1 aliphatic rings. The Balaban J connectivity index is 1.96. The number of amides is 1. The summed E-state index contributed by atoms with van der Waals surface area (Å²) in [5, 5.41) is 10.8. The van der Waals surface area contributed by atoms with E-state index in [1.807, 2.05) is 0 Å². The summed E-state index contributed by atoms with van der Waals surface area (Å²) in [6.45, 7) is 0. The third-order valence-corrected chi connectivity index (χ3v) is 4.42. The van der Waals surface area contributed by atoms with E-state index < -0.39 is 23.5 Å². The summed E-state index contributed by atoms with van der Waals surface area (Å²) in [5.41, 5.74) is 0.550. The number of anilines is 1. The number of aliphatic hydroxyl groups excluding tert-OH is 1. The first-order valence-corrected chi connectivity index (χ1v) is 8.47. The van der Waals surface area contributed by atoms with E-state index in [1.165, 1.54) is 30.6 Å². The normalized spacial score (nSPS) is 18.5. The van der Waals surface area contributed by atoms with E-state index in [2.05, 4.69) is 9.97 Å². The zero-order chi connectivity index (χ0) is 19.7. The molecule has 1 atom stereocenters. The molecule has 0 saturated carbocycles. The van der Waals surface area contributed by atoms with Gasteiger partial charge in [0.2, 0.25) is 5.95 Å². The molecule has 0 aliphatic carbocycles. The molecule has 1 unspecified atom stereocenters. The van der Waals surface area contributed by atoms with Gasteiger partial charge in [-0.25, -0.2) is 14.4 Å². The van der Waals surface area contributed by atoms with Crippen molar-refractivity contribution < 1.29 is 19.1 Å². The molecule has 1 saturated heterocycles. The molecular weight excluding hydrogens is 361 g/mol. The van der Waals surface area contributed by atoms with Gasteiger partial charge in [0, 0.05) is 18.0 Å². The number of nitrogens with zero attached hydrogens (tertiary/aromatic N) is 3. The first-order chi connectivity index (χ1) is 13.6. The van der Waals surface area contributed by atoms with Crippen molar-refractivity contribution in [2.45, 2.75) is 6.04 Å². The van der Waals surface area contributed by atoms with Gasteiger partial charge in [-0.1, -0.05) is 42.5 Å². The highest BCUT2D eigenvalue weighted by atomic mass is 19.1. The number of hydrogen-bond acceptors (Lipinski definition) is 5. The number of aliphatic hydroxyl groups is 1. The van der Waals surface area contributed by atoms with Crippen molar-refractivity contribution in [2.24, 2.45) is 0 Å². The van der Waals surface area contributed by atoms with Crippen molar-refractivity contribution in [3.8, 4) is 0 Å². The highest BCUT2D eigenvalue weighted by molar-refractivity contribution is 6.51. The first kappa shape index (κ1) is 17.5. The summed E-state index contributed by atoms with van der Waals surface area (Å²) in [5.74, 6) is -2.66. The van der Waals surface area contributed by atoms with E-state index >= 15 is 0 Å². The SMILES string of the molecule is O=C1C(=O)N(c2ncccn2)C(c2cccc(F)c2)C1=C(O)c1ccccc1. The standard InChI is InChI=1S/C21H14FN3O3/c22-15-9-4-8-14(12-15)17-16(18(26)13-6-2-1-3-7-13)19(27)20(28)25(17)21-23-10-5-11-24-21/h1-12,17,26H. The van der Waals surface area contributed by atoms with Crippen molar-refractivity contribution in [3.63, 3.8) is 0 Å². The third-order valence-electron chi connectivity index (χ3n) is 4.42. The Morgan fingerprint density at radius 2 is 1.68 bits per heavy atom. The van der Waals surface area contributed by atoms with E-state index in [1.54, 1.807) is 42.5 Å². The topological polar surface area (TPSA) is 83.4 Å². The Kier molecular flexibility index (Phi) is 4.41. The molecule has 0 spiro atoms. The highest BCUT2D eigenvalue weighted by Gasteiger charge is 2.48. The van der Waals surface area contributed by atoms with Crippen LogP contribution in [0.1, 0.15) is 17.2 Å². The van der Waals surface area contributed by atoms with Crippen LogP contribution in [0.25, 0.3) is 5.76 Å². The smallest absolute Gasteiger partial charge is 0.302 e. The predicted octanol–water partition coefficient (Wildman–Crippen LogP) is 3.24. The predicted molar refractivity (Wildman–Crippen MR) is 99.7 cm³/mol. The average molecular weight is 375 g/mol. The van der Waals surface area contributed by atoms with Crippen LogP contribution in [0.3, 0.4) is 0 Å². The molecule has 1 N–H and O–H groups in total. The summed E-state index contributed by atoms with van der Waals surface area (Å²) >= 11 is 0.